The number of hydrogen-bond acceptors (Lipinski definition) is 4. The van der Waals surface area contributed by atoms with Gasteiger partial charge in [-0.25, -0.2) is 0 Å². The third-order valence-electron chi connectivity index (χ3n) is 2.76. The lowest BCUT2D eigenvalue weighted by Gasteiger charge is -2.08. The van der Waals surface area contributed by atoms with E-state index in [1.807, 2.05) is 45.0 Å². The van der Waals surface area contributed by atoms with Crippen LogP contribution in [-0.2, 0) is 11.3 Å². The summed E-state index contributed by atoms with van der Waals surface area (Å²) in [6.07, 6.45) is 0. The molecule has 0 saturated carbocycles. The van der Waals surface area contributed by atoms with Crippen molar-refractivity contribution < 1.29 is 4.79 Å². The van der Waals surface area contributed by atoms with E-state index in [1.165, 1.54) is 5.56 Å². The highest BCUT2D eigenvalue weighted by molar-refractivity contribution is 5.77. The van der Waals surface area contributed by atoms with Gasteiger partial charge in [0.2, 0.25) is 5.91 Å². The maximum Gasteiger partial charge on any atom is 0.222 e. The first kappa shape index (κ1) is 13.2. The summed E-state index contributed by atoms with van der Waals surface area (Å²) in [7, 11) is 0. The molecule has 2 aromatic rings. The number of aryl methyl sites for hydroxylation is 1. The number of carbonyl (C=O) groups is 1. The molecule has 0 aliphatic carbocycles. The summed E-state index contributed by atoms with van der Waals surface area (Å²) in [4.78, 5) is 11.5. The lowest BCUT2D eigenvalue weighted by atomic mass is 10.2. The van der Waals surface area contributed by atoms with Gasteiger partial charge in [-0.1, -0.05) is 31.5 Å². The molecule has 0 radical (unpaired) electrons. The van der Waals surface area contributed by atoms with E-state index >= 15 is 0 Å². The minimum atomic E-state index is -0.0521. The van der Waals surface area contributed by atoms with Crippen molar-refractivity contribution in [2.75, 3.05) is 0 Å². The molecular weight excluding hydrogens is 242 g/mol. The molecule has 6 nitrogen and oxygen atoms in total. The maximum atomic E-state index is 11.5. The molecule has 6 heteroatoms. The van der Waals surface area contributed by atoms with Crippen molar-refractivity contribution in [2.24, 2.45) is 5.92 Å². The van der Waals surface area contributed by atoms with Crippen LogP contribution < -0.4 is 5.32 Å². The third-order valence-corrected chi connectivity index (χ3v) is 2.76. The van der Waals surface area contributed by atoms with Gasteiger partial charge in [0.1, 0.15) is 0 Å². The van der Waals surface area contributed by atoms with Crippen molar-refractivity contribution in [1.29, 1.82) is 0 Å². The van der Waals surface area contributed by atoms with Gasteiger partial charge in [-0.3, -0.25) is 4.79 Å². The Morgan fingerprint density at radius 1 is 1.32 bits per heavy atom. The molecule has 0 aliphatic rings. The molecule has 1 aromatic carbocycles. The van der Waals surface area contributed by atoms with E-state index < -0.39 is 0 Å². The largest absolute Gasteiger partial charge is 0.349 e. The maximum absolute atomic E-state index is 11.5. The van der Waals surface area contributed by atoms with E-state index in [4.69, 9.17) is 0 Å². The molecule has 0 atom stereocenters. The minimum absolute atomic E-state index is 0.0153. The summed E-state index contributed by atoms with van der Waals surface area (Å²) in [5, 5.41) is 14.3. The Morgan fingerprint density at radius 3 is 2.63 bits per heavy atom. The van der Waals surface area contributed by atoms with Gasteiger partial charge in [0.05, 0.1) is 12.2 Å². The monoisotopic (exact) mass is 259 g/mol. The average molecular weight is 259 g/mol. The Morgan fingerprint density at radius 2 is 2.00 bits per heavy atom. The van der Waals surface area contributed by atoms with Crippen LogP contribution in [0.4, 0.5) is 0 Å². The Balaban J connectivity index is 2.14. The predicted molar refractivity (Wildman–Crippen MR) is 70.6 cm³/mol. The van der Waals surface area contributed by atoms with Gasteiger partial charge in [0.25, 0.3) is 0 Å². The zero-order valence-corrected chi connectivity index (χ0v) is 11.3. The van der Waals surface area contributed by atoms with Gasteiger partial charge in [-0.2, -0.15) is 4.68 Å². The second kappa shape index (κ2) is 5.60. The fourth-order valence-corrected chi connectivity index (χ4v) is 1.57. The number of carbonyl (C=O) groups excluding carboxylic acids is 1. The smallest absolute Gasteiger partial charge is 0.222 e. The van der Waals surface area contributed by atoms with Crippen LogP contribution in [-0.4, -0.2) is 26.1 Å². The molecule has 0 unspecified atom stereocenters. The van der Waals surface area contributed by atoms with E-state index in [-0.39, 0.29) is 11.8 Å². The molecule has 1 aromatic heterocycles. The molecule has 100 valence electrons. The molecule has 1 amide bonds. The summed E-state index contributed by atoms with van der Waals surface area (Å²) in [5.41, 5.74) is 2.05. The number of amides is 1. The highest BCUT2D eigenvalue weighted by atomic mass is 16.1. The lowest BCUT2D eigenvalue weighted by Crippen LogP contribution is -2.28. The van der Waals surface area contributed by atoms with Crippen LogP contribution in [0.15, 0.2) is 24.3 Å². The van der Waals surface area contributed by atoms with Gasteiger partial charge in [0, 0.05) is 5.92 Å². The minimum Gasteiger partial charge on any atom is -0.349 e. The average Bonchev–Trinajstić information content (AvgIpc) is 2.85. The summed E-state index contributed by atoms with van der Waals surface area (Å²) in [6, 6.07) is 7.87. The topological polar surface area (TPSA) is 72.7 Å². The van der Waals surface area contributed by atoms with Crippen LogP contribution >= 0.6 is 0 Å². The molecule has 0 bridgehead atoms. The first-order chi connectivity index (χ1) is 9.08. The molecule has 0 aliphatic heterocycles. The van der Waals surface area contributed by atoms with Gasteiger partial charge < -0.3 is 5.32 Å². The fourth-order valence-electron chi connectivity index (χ4n) is 1.57. The summed E-state index contributed by atoms with van der Waals surface area (Å²) in [6.45, 7) is 6.03. The number of nitrogens with one attached hydrogen (secondary N) is 1. The van der Waals surface area contributed by atoms with Crippen molar-refractivity contribution in [3.05, 3.63) is 35.7 Å². The molecule has 0 fully saturated rings. The molecule has 1 heterocycles. The number of aromatic nitrogens is 4. The second-order valence-corrected chi connectivity index (χ2v) is 4.71. The van der Waals surface area contributed by atoms with Crippen LogP contribution in [0.5, 0.6) is 0 Å². The van der Waals surface area contributed by atoms with Crippen molar-refractivity contribution in [3.63, 3.8) is 0 Å². The van der Waals surface area contributed by atoms with Gasteiger partial charge >= 0.3 is 0 Å². The molecule has 19 heavy (non-hydrogen) atoms. The summed E-state index contributed by atoms with van der Waals surface area (Å²) in [5.74, 6) is 0.542. The first-order valence-electron chi connectivity index (χ1n) is 6.20. The quantitative estimate of drug-likeness (QED) is 0.896. The second-order valence-electron chi connectivity index (χ2n) is 4.71. The number of hydrogen-bond donors (Lipinski definition) is 1. The highest BCUT2D eigenvalue weighted by Crippen LogP contribution is 2.09. The third kappa shape index (κ3) is 3.15. The Labute approximate surface area is 111 Å². The molecule has 0 saturated heterocycles. The number of benzene rings is 1. The Kier molecular flexibility index (Phi) is 3.89. The fraction of sp³-hybridized carbons (Fsp3) is 0.385. The van der Waals surface area contributed by atoms with Crippen LogP contribution in [0, 0.1) is 12.8 Å². The predicted octanol–water partition coefficient (Wildman–Crippen LogP) is 1.24. The Bertz CT molecular complexity index is 559. The SMILES string of the molecule is Cc1ccc(-n2nnnc2CNC(=O)C(C)C)cc1. The summed E-state index contributed by atoms with van der Waals surface area (Å²) >= 11 is 0. The van der Waals surface area contributed by atoms with E-state index in [1.54, 1.807) is 4.68 Å². The van der Waals surface area contributed by atoms with Crippen molar-refractivity contribution in [3.8, 4) is 5.69 Å². The van der Waals surface area contributed by atoms with E-state index in [9.17, 15) is 4.79 Å². The van der Waals surface area contributed by atoms with Gasteiger partial charge in [-0.15, -0.1) is 5.10 Å². The van der Waals surface area contributed by atoms with Crippen molar-refractivity contribution in [2.45, 2.75) is 27.3 Å². The molecule has 2 rings (SSSR count). The van der Waals surface area contributed by atoms with Crippen LogP contribution in [0.1, 0.15) is 25.2 Å². The van der Waals surface area contributed by atoms with E-state index in [0.717, 1.165) is 5.69 Å². The number of nitrogens with zero attached hydrogens (tertiary/aromatic N) is 4. The first-order valence-corrected chi connectivity index (χ1v) is 6.20. The molecule has 0 spiro atoms. The van der Waals surface area contributed by atoms with Crippen LogP contribution in [0.2, 0.25) is 0 Å². The molecular formula is C13H17N5O. The standard InChI is InChI=1S/C13H17N5O/c1-9(2)13(19)14-8-12-15-16-17-18(12)11-6-4-10(3)5-7-11/h4-7,9H,8H2,1-3H3,(H,14,19). The van der Waals surface area contributed by atoms with Gasteiger partial charge in [0.15, 0.2) is 5.82 Å². The number of tetrazole rings is 1. The Hall–Kier alpha value is -2.24. The molecule has 1 N–H and O–H groups in total. The van der Waals surface area contributed by atoms with Gasteiger partial charge in [-0.05, 0) is 29.5 Å². The van der Waals surface area contributed by atoms with E-state index in [2.05, 4.69) is 20.8 Å². The van der Waals surface area contributed by atoms with Crippen LogP contribution in [0.3, 0.4) is 0 Å². The summed E-state index contributed by atoms with van der Waals surface area (Å²) < 4.78 is 1.63. The normalized spacial score (nSPS) is 10.7. The highest BCUT2D eigenvalue weighted by Gasteiger charge is 2.11. The number of rotatable bonds is 4. The lowest BCUT2D eigenvalue weighted by molar-refractivity contribution is -0.124. The van der Waals surface area contributed by atoms with Crippen molar-refractivity contribution in [1.82, 2.24) is 25.5 Å². The zero-order valence-electron chi connectivity index (χ0n) is 11.3. The zero-order chi connectivity index (χ0) is 13.8. The van der Waals surface area contributed by atoms with Crippen LogP contribution in [0.25, 0.3) is 5.69 Å². The van der Waals surface area contributed by atoms with Crippen molar-refractivity contribution >= 4 is 5.91 Å². The van der Waals surface area contributed by atoms with E-state index in [0.29, 0.717) is 12.4 Å².